The van der Waals surface area contributed by atoms with Crippen LogP contribution in [0, 0.1) is 5.92 Å². The van der Waals surface area contributed by atoms with Crippen molar-refractivity contribution in [2.24, 2.45) is 5.92 Å². The van der Waals surface area contributed by atoms with Crippen LogP contribution in [-0.2, 0) is 6.54 Å². The lowest BCUT2D eigenvalue weighted by Gasteiger charge is -2.31. The fraction of sp³-hybridized carbons (Fsp3) is 0.684. The van der Waals surface area contributed by atoms with E-state index < -0.39 is 0 Å². The second-order valence-electron chi connectivity index (χ2n) is 7.37. The maximum atomic E-state index is 12.3. The van der Waals surface area contributed by atoms with Gasteiger partial charge in [0.2, 0.25) is 0 Å². The Balaban J connectivity index is 1.48. The lowest BCUT2D eigenvalue weighted by molar-refractivity contribution is 0.0565. The average molecular weight is 346 g/mol. The van der Waals surface area contributed by atoms with E-state index in [0.717, 1.165) is 50.2 Å². The van der Waals surface area contributed by atoms with Crippen LogP contribution in [0.1, 0.15) is 44.1 Å². The molecule has 1 aliphatic heterocycles. The highest BCUT2D eigenvalue weighted by atomic mass is 16.3. The molecule has 3 rings (SSSR count). The van der Waals surface area contributed by atoms with Crippen LogP contribution in [0.2, 0.25) is 0 Å². The maximum Gasteiger partial charge on any atom is 0.317 e. The van der Waals surface area contributed by atoms with Gasteiger partial charge in [-0.2, -0.15) is 0 Å². The summed E-state index contributed by atoms with van der Waals surface area (Å²) in [7, 11) is 1.80. The summed E-state index contributed by atoms with van der Waals surface area (Å²) < 4.78 is 0. The summed E-state index contributed by atoms with van der Waals surface area (Å²) in [6.07, 6.45) is 8.09. The third kappa shape index (κ3) is 4.84. The molecular weight excluding hydrogens is 316 g/mol. The molecule has 1 saturated heterocycles. The smallest absolute Gasteiger partial charge is 0.317 e. The first-order chi connectivity index (χ1) is 12.1. The summed E-state index contributed by atoms with van der Waals surface area (Å²) in [5, 5.41) is 13.1. The Labute approximate surface area is 150 Å². The maximum absolute atomic E-state index is 12.3. The van der Waals surface area contributed by atoms with Gasteiger partial charge in [-0.25, -0.2) is 9.78 Å². The van der Waals surface area contributed by atoms with Crippen molar-refractivity contribution in [3.8, 4) is 0 Å². The molecule has 2 N–H and O–H groups in total. The number of carbonyl (C=O) groups is 1. The first-order valence-electron chi connectivity index (χ1n) is 9.50. The number of aliphatic hydroxyl groups is 1. The van der Waals surface area contributed by atoms with Crippen LogP contribution < -0.4 is 10.2 Å². The molecule has 2 fully saturated rings. The zero-order chi connectivity index (χ0) is 17.6. The number of hydrogen-bond donors (Lipinski definition) is 2. The molecule has 0 aromatic carbocycles. The standard InChI is InChI=1S/C19H30N4O2/c1-22(14-16-6-2-3-7-17(16)24)19(25)21-13-15-8-9-20-18(12-15)23-10-4-5-11-23/h8-9,12,16-17,24H,2-7,10-11,13-14H2,1H3,(H,21,25). The van der Waals surface area contributed by atoms with Gasteiger partial charge in [0.05, 0.1) is 6.10 Å². The molecule has 2 unspecified atom stereocenters. The van der Waals surface area contributed by atoms with Gasteiger partial charge < -0.3 is 20.2 Å². The molecule has 1 aliphatic carbocycles. The van der Waals surface area contributed by atoms with Crippen LogP contribution in [-0.4, -0.2) is 53.8 Å². The highest BCUT2D eigenvalue weighted by Gasteiger charge is 2.25. The van der Waals surface area contributed by atoms with E-state index in [1.54, 1.807) is 11.9 Å². The van der Waals surface area contributed by atoms with Crippen LogP contribution in [0.4, 0.5) is 10.6 Å². The van der Waals surface area contributed by atoms with Gasteiger partial charge in [-0.15, -0.1) is 0 Å². The monoisotopic (exact) mass is 346 g/mol. The lowest BCUT2D eigenvalue weighted by Crippen LogP contribution is -2.42. The third-order valence-corrected chi connectivity index (χ3v) is 5.41. The number of carbonyl (C=O) groups excluding carboxylic acids is 1. The zero-order valence-electron chi connectivity index (χ0n) is 15.2. The van der Waals surface area contributed by atoms with Gasteiger partial charge in [0, 0.05) is 45.3 Å². The van der Waals surface area contributed by atoms with Gasteiger partial charge in [0.15, 0.2) is 0 Å². The van der Waals surface area contributed by atoms with E-state index in [9.17, 15) is 9.90 Å². The van der Waals surface area contributed by atoms with Gasteiger partial charge in [-0.05, 0) is 43.4 Å². The van der Waals surface area contributed by atoms with E-state index in [4.69, 9.17) is 0 Å². The highest BCUT2D eigenvalue weighted by molar-refractivity contribution is 5.73. The Kier molecular flexibility index (Phi) is 6.13. The molecule has 2 heterocycles. The van der Waals surface area contributed by atoms with E-state index in [1.165, 1.54) is 12.8 Å². The highest BCUT2D eigenvalue weighted by Crippen LogP contribution is 2.25. The molecule has 6 heteroatoms. The number of hydrogen-bond acceptors (Lipinski definition) is 4. The second-order valence-corrected chi connectivity index (χ2v) is 7.37. The van der Waals surface area contributed by atoms with Crippen LogP contribution in [0.15, 0.2) is 18.3 Å². The SMILES string of the molecule is CN(CC1CCCCC1O)C(=O)NCc1ccnc(N2CCCC2)c1. The van der Waals surface area contributed by atoms with Crippen molar-refractivity contribution in [3.63, 3.8) is 0 Å². The van der Waals surface area contributed by atoms with Crippen LogP contribution in [0.3, 0.4) is 0 Å². The van der Waals surface area contributed by atoms with Crippen molar-refractivity contribution < 1.29 is 9.90 Å². The fourth-order valence-corrected chi connectivity index (χ4v) is 3.84. The first kappa shape index (κ1) is 18.0. The van der Waals surface area contributed by atoms with Gasteiger partial charge in [0.25, 0.3) is 0 Å². The van der Waals surface area contributed by atoms with Crippen LogP contribution in [0.5, 0.6) is 0 Å². The van der Waals surface area contributed by atoms with Crippen LogP contribution in [0.25, 0.3) is 0 Å². The van der Waals surface area contributed by atoms with Gasteiger partial charge in [0.1, 0.15) is 5.82 Å². The minimum absolute atomic E-state index is 0.0858. The molecular formula is C19H30N4O2. The van der Waals surface area contributed by atoms with Crippen molar-refractivity contribution in [3.05, 3.63) is 23.9 Å². The molecule has 2 atom stereocenters. The number of nitrogens with zero attached hydrogens (tertiary/aromatic N) is 3. The van der Waals surface area contributed by atoms with Gasteiger partial charge >= 0.3 is 6.03 Å². The predicted molar refractivity (Wildman–Crippen MR) is 98.5 cm³/mol. The van der Waals surface area contributed by atoms with Crippen molar-refractivity contribution >= 4 is 11.8 Å². The molecule has 6 nitrogen and oxygen atoms in total. The van der Waals surface area contributed by atoms with E-state index in [2.05, 4.69) is 21.3 Å². The number of aliphatic hydroxyl groups excluding tert-OH is 1. The fourth-order valence-electron chi connectivity index (χ4n) is 3.84. The molecule has 1 saturated carbocycles. The van der Waals surface area contributed by atoms with E-state index >= 15 is 0 Å². The summed E-state index contributed by atoms with van der Waals surface area (Å²) in [6, 6.07) is 3.93. The van der Waals surface area contributed by atoms with Gasteiger partial charge in [-0.1, -0.05) is 12.8 Å². The topological polar surface area (TPSA) is 68.7 Å². The molecule has 25 heavy (non-hydrogen) atoms. The molecule has 138 valence electrons. The Morgan fingerprint density at radius 2 is 2.08 bits per heavy atom. The number of nitrogens with one attached hydrogen (secondary N) is 1. The number of anilines is 1. The Hall–Kier alpha value is -1.82. The molecule has 2 amide bonds. The third-order valence-electron chi connectivity index (χ3n) is 5.41. The summed E-state index contributed by atoms with van der Waals surface area (Å²) in [6.45, 7) is 3.24. The van der Waals surface area contributed by atoms with Crippen molar-refractivity contribution in [1.82, 2.24) is 15.2 Å². The van der Waals surface area contributed by atoms with Crippen LogP contribution >= 0.6 is 0 Å². The Morgan fingerprint density at radius 3 is 2.84 bits per heavy atom. The molecule has 0 spiro atoms. The molecule has 0 bridgehead atoms. The van der Waals surface area contributed by atoms with Crippen molar-refractivity contribution in [2.45, 2.75) is 51.2 Å². The number of pyridine rings is 1. The number of amides is 2. The van der Waals surface area contributed by atoms with E-state index in [1.807, 2.05) is 12.3 Å². The van der Waals surface area contributed by atoms with E-state index in [0.29, 0.717) is 13.1 Å². The molecule has 2 aliphatic rings. The number of urea groups is 1. The Bertz CT molecular complexity index is 574. The average Bonchev–Trinajstić information content (AvgIpc) is 3.16. The number of aromatic nitrogens is 1. The summed E-state index contributed by atoms with van der Waals surface area (Å²) >= 11 is 0. The minimum Gasteiger partial charge on any atom is -0.393 e. The zero-order valence-corrected chi connectivity index (χ0v) is 15.2. The summed E-state index contributed by atoms with van der Waals surface area (Å²) in [5.74, 6) is 1.20. The number of rotatable bonds is 5. The predicted octanol–water partition coefficient (Wildman–Crippen LogP) is 2.37. The van der Waals surface area contributed by atoms with Crippen molar-refractivity contribution in [2.75, 3.05) is 31.6 Å². The summed E-state index contributed by atoms with van der Waals surface area (Å²) in [4.78, 5) is 20.8. The van der Waals surface area contributed by atoms with E-state index in [-0.39, 0.29) is 18.1 Å². The minimum atomic E-state index is -0.271. The largest absolute Gasteiger partial charge is 0.393 e. The Morgan fingerprint density at radius 1 is 1.32 bits per heavy atom. The normalized spacial score (nSPS) is 23.5. The lowest BCUT2D eigenvalue weighted by atomic mass is 9.86. The summed E-state index contributed by atoms with van der Waals surface area (Å²) in [5.41, 5.74) is 1.07. The molecule has 1 aromatic heterocycles. The first-order valence-corrected chi connectivity index (χ1v) is 9.50. The molecule has 0 radical (unpaired) electrons. The quantitative estimate of drug-likeness (QED) is 0.859. The van der Waals surface area contributed by atoms with Gasteiger partial charge in [-0.3, -0.25) is 0 Å². The second kappa shape index (κ2) is 8.52. The molecule has 1 aromatic rings. The van der Waals surface area contributed by atoms with Crippen molar-refractivity contribution in [1.29, 1.82) is 0 Å².